The maximum Gasteiger partial charge on any atom is 0.143 e. The highest BCUT2D eigenvalue weighted by molar-refractivity contribution is 6.35. The van der Waals surface area contributed by atoms with Crippen LogP contribution in [-0.2, 0) is 17.9 Å². The Morgan fingerprint density at radius 1 is 0.938 bits per heavy atom. The normalized spacial score (nSPS) is 13.8. The molecule has 1 fully saturated rings. The van der Waals surface area contributed by atoms with E-state index in [2.05, 4.69) is 41.4 Å². The van der Waals surface area contributed by atoms with Crippen LogP contribution in [0.4, 0.5) is 11.4 Å². The number of halogens is 3. The fourth-order valence-corrected chi connectivity index (χ4v) is 4.51. The maximum absolute atomic E-state index is 6.57. The molecule has 0 atom stereocenters. The fraction of sp³-hybridized carbons (Fsp3) is 0.280. The number of benzene rings is 3. The number of aryl methyl sites for hydroxylation is 1. The molecule has 3 aromatic rings. The number of rotatable bonds is 7. The molecule has 7 heteroatoms. The predicted molar refractivity (Wildman–Crippen MR) is 134 cm³/mol. The summed E-state index contributed by atoms with van der Waals surface area (Å²) < 4.78 is 11.5. The minimum Gasteiger partial charge on any atom is -0.487 e. The van der Waals surface area contributed by atoms with Gasteiger partial charge in [-0.25, -0.2) is 0 Å². The van der Waals surface area contributed by atoms with Crippen molar-refractivity contribution in [2.75, 3.05) is 36.5 Å². The Morgan fingerprint density at radius 3 is 2.41 bits per heavy atom. The molecule has 0 bridgehead atoms. The molecule has 0 aliphatic carbocycles. The van der Waals surface area contributed by atoms with Crippen LogP contribution in [-0.4, -0.2) is 26.3 Å². The molecular weight excluding hydrogens is 467 g/mol. The van der Waals surface area contributed by atoms with E-state index in [-0.39, 0.29) is 0 Å². The monoisotopic (exact) mass is 490 g/mol. The Kier molecular flexibility index (Phi) is 7.69. The molecule has 0 aromatic heterocycles. The Bertz CT molecular complexity index is 1070. The summed E-state index contributed by atoms with van der Waals surface area (Å²) in [6.45, 7) is 6.11. The molecule has 1 heterocycles. The third kappa shape index (κ3) is 5.81. The number of hydrogen-bond donors (Lipinski definition) is 1. The van der Waals surface area contributed by atoms with Gasteiger partial charge in [0.25, 0.3) is 0 Å². The third-order valence-electron chi connectivity index (χ3n) is 5.37. The van der Waals surface area contributed by atoms with Gasteiger partial charge in [0.15, 0.2) is 0 Å². The van der Waals surface area contributed by atoms with Crippen LogP contribution in [0.25, 0.3) is 0 Å². The maximum atomic E-state index is 6.57. The standard InChI is InChI=1S/C25H25Cl3N2O2/c1-17-2-4-18(5-3-17)16-32-25-19(12-20(26)13-23(25)28)15-29-21-6-7-24(22(27)14-21)30-8-10-31-11-9-30/h2-7,12-14,29H,8-11,15-16H2,1H3. The first kappa shape index (κ1) is 23.1. The molecule has 168 valence electrons. The van der Waals surface area contributed by atoms with Crippen LogP contribution in [0.5, 0.6) is 5.75 Å². The highest BCUT2D eigenvalue weighted by atomic mass is 35.5. The topological polar surface area (TPSA) is 33.7 Å². The Balaban J connectivity index is 1.46. The quantitative estimate of drug-likeness (QED) is 0.386. The molecule has 4 nitrogen and oxygen atoms in total. The second-order valence-electron chi connectivity index (χ2n) is 7.77. The smallest absolute Gasteiger partial charge is 0.143 e. The SMILES string of the molecule is Cc1ccc(COc2c(Cl)cc(Cl)cc2CNc2ccc(N3CCOCC3)c(Cl)c2)cc1. The summed E-state index contributed by atoms with van der Waals surface area (Å²) in [4.78, 5) is 2.24. The van der Waals surface area contributed by atoms with E-state index in [1.807, 2.05) is 24.3 Å². The first-order valence-corrected chi connectivity index (χ1v) is 11.7. The summed E-state index contributed by atoms with van der Waals surface area (Å²) in [5.41, 5.74) is 5.09. The number of nitrogens with zero attached hydrogens (tertiary/aromatic N) is 1. The van der Waals surface area contributed by atoms with Crippen LogP contribution in [0.3, 0.4) is 0 Å². The van der Waals surface area contributed by atoms with E-state index in [1.54, 1.807) is 6.07 Å². The van der Waals surface area contributed by atoms with Gasteiger partial charge in [0.05, 0.1) is 28.9 Å². The Labute approximate surface area is 204 Å². The van der Waals surface area contributed by atoms with E-state index in [1.165, 1.54) is 5.56 Å². The lowest BCUT2D eigenvalue weighted by Crippen LogP contribution is -2.36. The zero-order valence-electron chi connectivity index (χ0n) is 17.8. The molecule has 0 saturated carbocycles. The van der Waals surface area contributed by atoms with Gasteiger partial charge in [-0.05, 0) is 42.8 Å². The van der Waals surface area contributed by atoms with Gasteiger partial charge in [0.1, 0.15) is 12.4 Å². The lowest BCUT2D eigenvalue weighted by molar-refractivity contribution is 0.122. The molecular formula is C25H25Cl3N2O2. The molecule has 3 aromatic carbocycles. The molecule has 4 rings (SSSR count). The van der Waals surface area contributed by atoms with Gasteiger partial charge in [-0.1, -0.05) is 64.6 Å². The highest BCUT2D eigenvalue weighted by Crippen LogP contribution is 2.34. The predicted octanol–water partition coefficient (Wildman–Crippen LogP) is 6.98. The van der Waals surface area contributed by atoms with E-state index in [4.69, 9.17) is 44.3 Å². The summed E-state index contributed by atoms with van der Waals surface area (Å²) in [5, 5.41) is 5.17. The first-order chi connectivity index (χ1) is 15.5. The molecule has 0 spiro atoms. The second-order valence-corrected chi connectivity index (χ2v) is 9.02. The molecule has 32 heavy (non-hydrogen) atoms. The van der Waals surface area contributed by atoms with Gasteiger partial charge in [-0.3, -0.25) is 0 Å². The zero-order chi connectivity index (χ0) is 22.5. The van der Waals surface area contributed by atoms with Gasteiger partial charge >= 0.3 is 0 Å². The van der Waals surface area contributed by atoms with Gasteiger partial charge in [0.2, 0.25) is 0 Å². The van der Waals surface area contributed by atoms with Crippen LogP contribution in [0.2, 0.25) is 15.1 Å². The lowest BCUT2D eigenvalue weighted by Gasteiger charge is -2.29. The van der Waals surface area contributed by atoms with Gasteiger partial charge in [-0.2, -0.15) is 0 Å². The molecule has 1 N–H and O–H groups in total. The summed E-state index contributed by atoms with van der Waals surface area (Å²) in [5.74, 6) is 0.625. The van der Waals surface area contributed by atoms with Crippen molar-refractivity contribution in [2.24, 2.45) is 0 Å². The third-order valence-corrected chi connectivity index (χ3v) is 6.17. The second kappa shape index (κ2) is 10.7. The van der Waals surface area contributed by atoms with E-state index in [0.29, 0.717) is 34.0 Å². The number of ether oxygens (including phenoxy) is 2. The zero-order valence-corrected chi connectivity index (χ0v) is 20.1. The van der Waals surface area contributed by atoms with Crippen molar-refractivity contribution in [3.05, 3.63) is 86.4 Å². The minimum atomic E-state index is 0.425. The summed E-state index contributed by atoms with van der Waals surface area (Å²) >= 11 is 19.3. The van der Waals surface area contributed by atoms with Crippen molar-refractivity contribution in [3.63, 3.8) is 0 Å². The van der Waals surface area contributed by atoms with Gasteiger partial charge in [0, 0.05) is 35.9 Å². The number of hydrogen-bond acceptors (Lipinski definition) is 4. The van der Waals surface area contributed by atoms with E-state index >= 15 is 0 Å². The summed E-state index contributed by atoms with van der Waals surface area (Å²) in [7, 11) is 0. The summed E-state index contributed by atoms with van der Waals surface area (Å²) in [6.07, 6.45) is 0. The van der Waals surface area contributed by atoms with Crippen molar-refractivity contribution in [2.45, 2.75) is 20.1 Å². The highest BCUT2D eigenvalue weighted by Gasteiger charge is 2.15. The van der Waals surface area contributed by atoms with Gasteiger partial charge < -0.3 is 19.7 Å². The van der Waals surface area contributed by atoms with Crippen molar-refractivity contribution in [1.29, 1.82) is 0 Å². The van der Waals surface area contributed by atoms with Crippen LogP contribution in [0, 0.1) is 6.92 Å². The van der Waals surface area contributed by atoms with Crippen molar-refractivity contribution in [3.8, 4) is 5.75 Å². The van der Waals surface area contributed by atoms with Gasteiger partial charge in [-0.15, -0.1) is 0 Å². The Morgan fingerprint density at radius 2 is 1.69 bits per heavy atom. The molecule has 0 radical (unpaired) electrons. The molecule has 0 unspecified atom stereocenters. The van der Waals surface area contributed by atoms with Crippen LogP contribution in [0.1, 0.15) is 16.7 Å². The molecule has 1 aliphatic heterocycles. The largest absolute Gasteiger partial charge is 0.487 e. The van der Waals surface area contributed by atoms with E-state index in [0.717, 1.165) is 48.8 Å². The van der Waals surface area contributed by atoms with Crippen molar-refractivity contribution in [1.82, 2.24) is 0 Å². The first-order valence-electron chi connectivity index (χ1n) is 10.5. The molecule has 0 amide bonds. The van der Waals surface area contributed by atoms with Crippen molar-refractivity contribution >= 4 is 46.2 Å². The van der Waals surface area contributed by atoms with E-state index in [9.17, 15) is 0 Å². The van der Waals surface area contributed by atoms with Crippen LogP contribution in [0.15, 0.2) is 54.6 Å². The van der Waals surface area contributed by atoms with Crippen LogP contribution >= 0.6 is 34.8 Å². The summed E-state index contributed by atoms with van der Waals surface area (Å²) in [6, 6.07) is 17.8. The Hall–Kier alpha value is -2.11. The van der Waals surface area contributed by atoms with Crippen molar-refractivity contribution < 1.29 is 9.47 Å². The molecule has 1 saturated heterocycles. The molecule has 1 aliphatic rings. The number of nitrogens with one attached hydrogen (secondary N) is 1. The average molecular weight is 492 g/mol. The lowest BCUT2D eigenvalue weighted by atomic mass is 10.1. The van der Waals surface area contributed by atoms with E-state index < -0.39 is 0 Å². The average Bonchev–Trinajstić information content (AvgIpc) is 2.78. The van der Waals surface area contributed by atoms with Crippen LogP contribution < -0.4 is 15.0 Å². The minimum absolute atomic E-state index is 0.425. The fourth-order valence-electron chi connectivity index (χ4n) is 3.62. The number of morpholine rings is 1. The number of anilines is 2.